The van der Waals surface area contributed by atoms with Crippen LogP contribution >= 0.6 is 11.6 Å². The molecule has 0 saturated carbocycles. The van der Waals surface area contributed by atoms with Gasteiger partial charge in [-0.3, -0.25) is 14.9 Å². The van der Waals surface area contributed by atoms with Crippen LogP contribution in [0.15, 0.2) is 47.4 Å². The van der Waals surface area contributed by atoms with Gasteiger partial charge in [0.15, 0.2) is 5.69 Å². The van der Waals surface area contributed by atoms with Crippen LogP contribution in [-0.4, -0.2) is 54.8 Å². The monoisotopic (exact) mass is 565 g/mol. The van der Waals surface area contributed by atoms with Crippen LogP contribution in [0.25, 0.3) is 5.69 Å². The Morgan fingerprint density at radius 3 is 2.53 bits per heavy atom. The number of hydrogen-bond donors (Lipinski definition) is 2. The van der Waals surface area contributed by atoms with Crippen LogP contribution < -0.4 is 14.8 Å². The van der Waals surface area contributed by atoms with Crippen molar-refractivity contribution in [1.82, 2.24) is 19.8 Å². The molecule has 12 nitrogen and oxygen atoms in total. The summed E-state index contributed by atoms with van der Waals surface area (Å²) in [7, 11) is -2.77. The second kappa shape index (κ2) is 11.5. The number of carbonyl (C=O) groups excluding carboxylic acids is 1. The number of benzene rings is 2. The molecule has 1 aromatic heterocycles. The fourth-order valence-electron chi connectivity index (χ4n) is 3.42. The summed E-state index contributed by atoms with van der Waals surface area (Å²) in [4.78, 5) is 23.1. The lowest BCUT2D eigenvalue weighted by atomic mass is 10.1. The van der Waals surface area contributed by atoms with Gasteiger partial charge in [0.05, 0.1) is 17.2 Å². The molecule has 0 radical (unpaired) electrons. The van der Waals surface area contributed by atoms with E-state index in [0.29, 0.717) is 16.3 Å². The fraction of sp³-hybridized carbons (Fsp3) is 0.333. The molecule has 2 N–H and O–H groups in total. The molecule has 1 heterocycles. The van der Waals surface area contributed by atoms with Crippen molar-refractivity contribution in [2.75, 3.05) is 20.3 Å². The Bertz CT molecular complexity index is 1470. The Hall–Kier alpha value is -3.52. The van der Waals surface area contributed by atoms with E-state index < -0.39 is 37.0 Å². The number of rotatable bonds is 10. The number of nitrogens with zero attached hydrogens (tertiary/aromatic N) is 3. The zero-order chi connectivity index (χ0) is 28.3. The first-order valence-corrected chi connectivity index (χ1v) is 13.2. The van der Waals surface area contributed by atoms with Crippen molar-refractivity contribution in [3.63, 3.8) is 0 Å². The number of methoxy groups -OCH3 is 1. The lowest BCUT2D eigenvalue weighted by Gasteiger charge is -2.21. The Morgan fingerprint density at radius 1 is 1.21 bits per heavy atom. The number of aromatic nitrogens is 2. The van der Waals surface area contributed by atoms with Gasteiger partial charge in [0.25, 0.3) is 11.6 Å². The molecule has 38 heavy (non-hydrogen) atoms. The largest absolute Gasteiger partial charge is 0.437 e. The van der Waals surface area contributed by atoms with Gasteiger partial charge in [-0.1, -0.05) is 17.7 Å². The minimum Gasteiger partial charge on any atom is -0.437 e. The molecule has 0 spiro atoms. The molecular weight excluding hydrogens is 538 g/mol. The standard InChI is InChI=1S/C24H28ClN5O7S/c1-15-21(22(31)26-11-12-36-5)27-29(17-8-6-7-16(25)13-17)23(15)37-19-10-9-18(30(32)33)14-20(19)38(34,35)28-24(2,3)4/h6-10,13-14,28H,11-12H2,1-5H3,(H,26,31). The zero-order valence-electron chi connectivity index (χ0n) is 21.4. The van der Waals surface area contributed by atoms with Crippen molar-refractivity contribution >= 4 is 33.2 Å². The third-order valence-electron chi connectivity index (χ3n) is 5.00. The minimum atomic E-state index is -4.27. The Morgan fingerprint density at radius 2 is 1.92 bits per heavy atom. The summed E-state index contributed by atoms with van der Waals surface area (Å²) < 4.78 is 41.3. The van der Waals surface area contributed by atoms with Crippen LogP contribution in [0.1, 0.15) is 36.8 Å². The van der Waals surface area contributed by atoms with Gasteiger partial charge in [0, 0.05) is 41.9 Å². The van der Waals surface area contributed by atoms with Crippen molar-refractivity contribution in [3.8, 4) is 17.3 Å². The molecule has 204 valence electrons. The predicted molar refractivity (Wildman–Crippen MR) is 141 cm³/mol. The van der Waals surface area contributed by atoms with Gasteiger partial charge in [0.2, 0.25) is 15.9 Å². The molecule has 3 aromatic rings. The fourth-order valence-corrected chi connectivity index (χ4v) is 5.17. The van der Waals surface area contributed by atoms with Crippen LogP contribution in [0.3, 0.4) is 0 Å². The van der Waals surface area contributed by atoms with Crippen LogP contribution in [0.2, 0.25) is 5.02 Å². The number of hydrogen-bond acceptors (Lipinski definition) is 8. The number of amides is 1. The van der Waals surface area contributed by atoms with Gasteiger partial charge >= 0.3 is 0 Å². The maximum absolute atomic E-state index is 13.2. The Labute approximate surface area is 225 Å². The van der Waals surface area contributed by atoms with Crippen LogP contribution in [-0.2, 0) is 14.8 Å². The van der Waals surface area contributed by atoms with Crippen molar-refractivity contribution < 1.29 is 27.6 Å². The number of nitro groups is 1. The number of nitrogens with one attached hydrogen (secondary N) is 2. The summed E-state index contributed by atoms with van der Waals surface area (Å²) in [6.45, 7) is 7.01. The summed E-state index contributed by atoms with van der Waals surface area (Å²) in [5.74, 6) is -0.689. The van der Waals surface area contributed by atoms with E-state index in [1.165, 1.54) is 17.9 Å². The summed E-state index contributed by atoms with van der Waals surface area (Å²) in [5.41, 5.74) is -0.566. The lowest BCUT2D eigenvalue weighted by molar-refractivity contribution is -0.385. The molecule has 1 amide bonds. The van der Waals surface area contributed by atoms with Crippen molar-refractivity contribution in [2.45, 2.75) is 38.1 Å². The van der Waals surface area contributed by atoms with Crippen LogP contribution in [0, 0.1) is 17.0 Å². The highest BCUT2D eigenvalue weighted by Crippen LogP contribution is 2.36. The van der Waals surface area contributed by atoms with E-state index in [2.05, 4.69) is 15.1 Å². The van der Waals surface area contributed by atoms with Gasteiger partial charge in [-0.05, 0) is 52.0 Å². The highest BCUT2D eigenvalue weighted by molar-refractivity contribution is 7.89. The molecule has 3 rings (SSSR count). The number of carbonyl (C=O) groups is 1. The molecule has 0 bridgehead atoms. The van der Waals surface area contributed by atoms with Crippen LogP contribution in [0.4, 0.5) is 5.69 Å². The molecule has 2 aromatic carbocycles. The zero-order valence-corrected chi connectivity index (χ0v) is 23.0. The van der Waals surface area contributed by atoms with E-state index in [1.807, 2.05) is 0 Å². The number of nitro benzene ring substituents is 1. The number of halogens is 1. The second-order valence-electron chi connectivity index (χ2n) is 9.26. The Balaban J connectivity index is 2.19. The van der Waals surface area contributed by atoms with Crippen molar-refractivity contribution in [3.05, 3.63) is 68.9 Å². The molecule has 0 unspecified atom stereocenters. The van der Waals surface area contributed by atoms with Gasteiger partial charge in [-0.15, -0.1) is 0 Å². The molecule has 14 heteroatoms. The third kappa shape index (κ3) is 6.86. The average Bonchev–Trinajstić information content (AvgIpc) is 3.13. The highest BCUT2D eigenvalue weighted by Gasteiger charge is 2.30. The average molecular weight is 566 g/mol. The predicted octanol–water partition coefficient (Wildman–Crippen LogP) is 3.99. The highest BCUT2D eigenvalue weighted by atomic mass is 35.5. The van der Waals surface area contributed by atoms with Gasteiger partial charge in [-0.2, -0.15) is 9.78 Å². The number of sulfonamides is 1. The first kappa shape index (κ1) is 29.0. The molecule has 0 saturated heterocycles. The second-order valence-corrected chi connectivity index (χ2v) is 11.4. The lowest BCUT2D eigenvalue weighted by Crippen LogP contribution is -2.40. The SMILES string of the molecule is COCCNC(=O)c1nn(-c2cccc(Cl)c2)c(Oc2ccc([N+](=O)[O-])cc2S(=O)(=O)NC(C)(C)C)c1C. The summed E-state index contributed by atoms with van der Waals surface area (Å²) in [6.07, 6.45) is 0. The van der Waals surface area contributed by atoms with E-state index in [-0.39, 0.29) is 30.5 Å². The molecule has 0 aliphatic carbocycles. The van der Waals surface area contributed by atoms with Gasteiger partial charge in [0.1, 0.15) is 10.6 Å². The first-order valence-electron chi connectivity index (χ1n) is 11.4. The molecule has 0 atom stereocenters. The summed E-state index contributed by atoms with van der Waals surface area (Å²) in [5, 5.41) is 18.9. The smallest absolute Gasteiger partial charge is 0.272 e. The van der Waals surface area contributed by atoms with E-state index in [4.69, 9.17) is 21.1 Å². The molecule has 0 fully saturated rings. The molecule has 0 aliphatic heterocycles. The normalized spacial score (nSPS) is 11.8. The Kier molecular flexibility index (Phi) is 8.77. The summed E-state index contributed by atoms with van der Waals surface area (Å²) in [6, 6.07) is 9.80. The van der Waals surface area contributed by atoms with E-state index in [9.17, 15) is 23.3 Å². The minimum absolute atomic E-state index is 0.0187. The van der Waals surface area contributed by atoms with E-state index in [0.717, 1.165) is 12.1 Å². The van der Waals surface area contributed by atoms with E-state index in [1.54, 1.807) is 52.0 Å². The quantitative estimate of drug-likeness (QED) is 0.212. The third-order valence-corrected chi connectivity index (χ3v) is 7.02. The van der Waals surface area contributed by atoms with Gasteiger partial charge in [-0.25, -0.2) is 13.1 Å². The first-order chi connectivity index (χ1) is 17.7. The topological polar surface area (TPSA) is 155 Å². The number of non-ortho nitro benzene ring substituents is 1. The van der Waals surface area contributed by atoms with Gasteiger partial charge < -0.3 is 14.8 Å². The van der Waals surface area contributed by atoms with E-state index >= 15 is 0 Å². The number of ether oxygens (including phenoxy) is 2. The van der Waals surface area contributed by atoms with Crippen molar-refractivity contribution in [1.29, 1.82) is 0 Å². The molecule has 0 aliphatic rings. The maximum Gasteiger partial charge on any atom is 0.272 e. The van der Waals surface area contributed by atoms with Crippen LogP contribution in [0.5, 0.6) is 11.6 Å². The molecular formula is C24H28ClN5O7S. The maximum atomic E-state index is 13.2. The summed E-state index contributed by atoms with van der Waals surface area (Å²) >= 11 is 6.17. The van der Waals surface area contributed by atoms with Crippen molar-refractivity contribution in [2.24, 2.45) is 0 Å².